The van der Waals surface area contributed by atoms with Crippen LogP contribution < -0.4 is 0 Å². The van der Waals surface area contributed by atoms with E-state index in [2.05, 4.69) is 44.1 Å². The molecule has 1 aromatic rings. The van der Waals surface area contributed by atoms with Gasteiger partial charge >= 0.3 is 0 Å². The van der Waals surface area contributed by atoms with Crippen LogP contribution in [0.3, 0.4) is 0 Å². The molecule has 1 rings (SSSR count). The summed E-state index contributed by atoms with van der Waals surface area (Å²) in [6.07, 6.45) is 5.20. The van der Waals surface area contributed by atoms with E-state index in [4.69, 9.17) is 0 Å². The molecule has 0 aliphatic rings. The van der Waals surface area contributed by atoms with Gasteiger partial charge < -0.3 is 0 Å². The van der Waals surface area contributed by atoms with E-state index in [-0.39, 0.29) is 0 Å². The van der Waals surface area contributed by atoms with Crippen LogP contribution >= 0.6 is 0 Å². The van der Waals surface area contributed by atoms with Gasteiger partial charge in [-0.05, 0) is 29.2 Å². The van der Waals surface area contributed by atoms with Crippen LogP contribution in [0.1, 0.15) is 30.9 Å². The fourth-order valence-electron chi connectivity index (χ4n) is 1.35. The van der Waals surface area contributed by atoms with Crippen LogP contribution in [0.15, 0.2) is 42.4 Å². The number of rotatable bonds is 4. The van der Waals surface area contributed by atoms with Gasteiger partial charge in [0.2, 0.25) is 0 Å². The summed E-state index contributed by atoms with van der Waals surface area (Å²) >= 11 is 0. The molecule has 0 saturated carbocycles. The van der Waals surface area contributed by atoms with Crippen molar-refractivity contribution < 1.29 is 0 Å². The molecule has 0 bridgehead atoms. The molecule has 0 aliphatic heterocycles. The first-order chi connectivity index (χ1) is 7.19. The van der Waals surface area contributed by atoms with Crippen LogP contribution in [0.4, 0.5) is 5.69 Å². The van der Waals surface area contributed by atoms with Crippen LogP contribution in [0.2, 0.25) is 0 Å². The molecule has 1 heteroatoms. The van der Waals surface area contributed by atoms with Crippen LogP contribution in [0.25, 0.3) is 6.08 Å². The number of hydrogen-bond acceptors (Lipinski definition) is 1. The molecule has 0 fully saturated rings. The quantitative estimate of drug-likeness (QED) is 0.639. The minimum Gasteiger partial charge on any atom is -0.256 e. The number of aliphatic imine (C=N–C) groups is 1. The second-order valence-electron chi connectivity index (χ2n) is 3.69. The molecule has 0 saturated heterocycles. The molecule has 0 atom stereocenters. The SMILES string of the molecule is C=C/C=N\c1ccc(C(C)C)cc1C=C. The smallest absolute Gasteiger partial charge is 0.0701 e. The highest BCUT2D eigenvalue weighted by Crippen LogP contribution is 2.25. The lowest BCUT2D eigenvalue weighted by Gasteiger charge is -2.08. The van der Waals surface area contributed by atoms with Crippen molar-refractivity contribution in [1.29, 1.82) is 0 Å². The van der Waals surface area contributed by atoms with Gasteiger partial charge in [0, 0.05) is 6.21 Å². The van der Waals surface area contributed by atoms with Crippen LogP contribution in [0.5, 0.6) is 0 Å². The first-order valence-corrected chi connectivity index (χ1v) is 5.10. The Bertz CT molecular complexity index is 386. The van der Waals surface area contributed by atoms with E-state index in [9.17, 15) is 0 Å². The highest BCUT2D eigenvalue weighted by atomic mass is 14.7. The molecular weight excluding hydrogens is 182 g/mol. The van der Waals surface area contributed by atoms with Crippen LogP contribution in [-0.2, 0) is 0 Å². The zero-order chi connectivity index (χ0) is 11.3. The first kappa shape index (κ1) is 11.4. The van der Waals surface area contributed by atoms with Gasteiger partial charge in [-0.3, -0.25) is 4.99 Å². The average Bonchev–Trinajstić information content (AvgIpc) is 2.25. The third kappa shape index (κ3) is 2.91. The molecule has 0 N–H and O–H groups in total. The fourth-order valence-corrected chi connectivity index (χ4v) is 1.35. The summed E-state index contributed by atoms with van der Waals surface area (Å²) in [5.74, 6) is 0.529. The monoisotopic (exact) mass is 199 g/mol. The summed E-state index contributed by atoms with van der Waals surface area (Å²) in [5, 5.41) is 0. The molecular formula is C14H17N. The Morgan fingerprint density at radius 1 is 1.27 bits per heavy atom. The molecule has 0 aromatic heterocycles. The summed E-state index contributed by atoms with van der Waals surface area (Å²) in [6, 6.07) is 6.26. The minimum absolute atomic E-state index is 0.529. The molecule has 0 amide bonds. The van der Waals surface area contributed by atoms with Gasteiger partial charge in [0.1, 0.15) is 0 Å². The maximum atomic E-state index is 4.28. The Labute approximate surface area is 91.9 Å². The lowest BCUT2D eigenvalue weighted by molar-refractivity contribution is 0.866. The van der Waals surface area contributed by atoms with Gasteiger partial charge in [0.15, 0.2) is 0 Å². The summed E-state index contributed by atoms with van der Waals surface area (Å²) < 4.78 is 0. The van der Waals surface area contributed by atoms with Crippen molar-refractivity contribution in [1.82, 2.24) is 0 Å². The Kier molecular flexibility index (Phi) is 4.04. The molecule has 1 nitrogen and oxygen atoms in total. The van der Waals surface area contributed by atoms with E-state index in [0.717, 1.165) is 11.3 Å². The van der Waals surface area contributed by atoms with Crippen molar-refractivity contribution >= 4 is 18.0 Å². The molecule has 1 aromatic carbocycles. The van der Waals surface area contributed by atoms with Crippen LogP contribution in [-0.4, -0.2) is 6.21 Å². The van der Waals surface area contributed by atoms with Gasteiger partial charge in [-0.25, -0.2) is 0 Å². The lowest BCUT2D eigenvalue weighted by atomic mass is 10.00. The van der Waals surface area contributed by atoms with Crippen molar-refractivity contribution in [2.45, 2.75) is 19.8 Å². The summed E-state index contributed by atoms with van der Waals surface area (Å²) in [5.41, 5.74) is 3.32. The number of allylic oxidation sites excluding steroid dienone is 1. The Morgan fingerprint density at radius 2 is 2.00 bits per heavy atom. The molecule has 0 unspecified atom stereocenters. The highest BCUT2D eigenvalue weighted by Gasteiger charge is 2.02. The number of hydrogen-bond donors (Lipinski definition) is 0. The number of benzene rings is 1. The van der Waals surface area contributed by atoms with Crippen molar-refractivity contribution in [3.63, 3.8) is 0 Å². The topological polar surface area (TPSA) is 12.4 Å². The van der Waals surface area contributed by atoms with E-state index < -0.39 is 0 Å². The Hall–Kier alpha value is -1.63. The summed E-state index contributed by atoms with van der Waals surface area (Å²) in [6.45, 7) is 11.8. The van der Waals surface area contributed by atoms with Gasteiger partial charge in [-0.2, -0.15) is 0 Å². The van der Waals surface area contributed by atoms with E-state index in [1.54, 1.807) is 12.3 Å². The van der Waals surface area contributed by atoms with Gasteiger partial charge in [0.05, 0.1) is 5.69 Å². The average molecular weight is 199 g/mol. The second kappa shape index (κ2) is 5.30. The predicted octanol–water partition coefficient (Wildman–Crippen LogP) is 4.34. The minimum atomic E-state index is 0.529. The molecule has 0 heterocycles. The zero-order valence-corrected chi connectivity index (χ0v) is 9.40. The molecule has 0 aliphatic carbocycles. The Morgan fingerprint density at radius 3 is 2.53 bits per heavy atom. The van der Waals surface area contributed by atoms with E-state index in [1.165, 1.54) is 5.56 Å². The fraction of sp³-hybridized carbons (Fsp3) is 0.214. The predicted molar refractivity (Wildman–Crippen MR) is 69.0 cm³/mol. The van der Waals surface area contributed by atoms with Crippen molar-refractivity contribution in [2.24, 2.45) is 4.99 Å². The van der Waals surface area contributed by atoms with Crippen LogP contribution in [0, 0.1) is 0 Å². The molecule has 15 heavy (non-hydrogen) atoms. The normalized spacial score (nSPS) is 10.9. The van der Waals surface area contributed by atoms with Gasteiger partial charge in [-0.1, -0.05) is 45.2 Å². The maximum Gasteiger partial charge on any atom is 0.0701 e. The Balaban J connectivity index is 3.14. The zero-order valence-electron chi connectivity index (χ0n) is 9.40. The standard InChI is InChI=1S/C14H17N/c1-5-9-15-14-8-7-13(11(3)4)10-12(14)6-2/h5-11H,1-2H2,3-4H3/b15-9-. The largest absolute Gasteiger partial charge is 0.256 e. The molecule has 0 spiro atoms. The van der Waals surface area contributed by atoms with Gasteiger partial charge in [-0.15, -0.1) is 0 Å². The lowest BCUT2D eigenvalue weighted by Crippen LogP contribution is -1.87. The molecule has 0 radical (unpaired) electrons. The highest BCUT2D eigenvalue weighted by molar-refractivity contribution is 5.76. The summed E-state index contributed by atoms with van der Waals surface area (Å²) in [7, 11) is 0. The van der Waals surface area contributed by atoms with E-state index in [0.29, 0.717) is 5.92 Å². The number of nitrogens with zero attached hydrogens (tertiary/aromatic N) is 1. The molecule has 78 valence electrons. The van der Waals surface area contributed by atoms with Crippen molar-refractivity contribution in [2.75, 3.05) is 0 Å². The van der Waals surface area contributed by atoms with Crippen molar-refractivity contribution in [3.8, 4) is 0 Å². The van der Waals surface area contributed by atoms with E-state index >= 15 is 0 Å². The second-order valence-corrected chi connectivity index (χ2v) is 3.69. The summed E-state index contributed by atoms with van der Waals surface area (Å²) in [4.78, 5) is 4.28. The van der Waals surface area contributed by atoms with E-state index in [1.807, 2.05) is 12.1 Å². The maximum absolute atomic E-state index is 4.28. The van der Waals surface area contributed by atoms with Crippen molar-refractivity contribution in [3.05, 3.63) is 48.6 Å². The third-order valence-corrected chi connectivity index (χ3v) is 2.26. The first-order valence-electron chi connectivity index (χ1n) is 5.10. The third-order valence-electron chi connectivity index (χ3n) is 2.26. The van der Waals surface area contributed by atoms with Gasteiger partial charge in [0.25, 0.3) is 0 Å².